The molecule has 0 amide bonds. The van der Waals surface area contributed by atoms with Gasteiger partial charge in [0.25, 0.3) is 0 Å². The van der Waals surface area contributed by atoms with Gasteiger partial charge >= 0.3 is 0 Å². The van der Waals surface area contributed by atoms with E-state index in [0.717, 1.165) is 0 Å². The van der Waals surface area contributed by atoms with Crippen molar-refractivity contribution in [1.29, 1.82) is 0 Å². The molecule has 0 aliphatic heterocycles. The van der Waals surface area contributed by atoms with Gasteiger partial charge in [-0.1, -0.05) is 97.0 Å². The van der Waals surface area contributed by atoms with Crippen molar-refractivity contribution >= 4 is 12.4 Å². The van der Waals surface area contributed by atoms with Crippen LogP contribution in [0.2, 0.25) is 0 Å². The van der Waals surface area contributed by atoms with Crippen molar-refractivity contribution in [3.8, 4) is 0 Å². The van der Waals surface area contributed by atoms with E-state index in [-0.39, 0.29) is 17.9 Å². The van der Waals surface area contributed by atoms with Crippen molar-refractivity contribution in [1.82, 2.24) is 4.90 Å². The molecule has 1 nitrogen and oxygen atoms in total. The van der Waals surface area contributed by atoms with Gasteiger partial charge in [-0.05, 0) is 26.9 Å². The first kappa shape index (κ1) is 25.2. The van der Waals surface area contributed by atoms with Crippen LogP contribution in [0, 0.1) is 0 Å². The maximum atomic E-state index is 4.17. The minimum atomic E-state index is 0. The monoisotopic (exact) mass is 345 g/mol. The van der Waals surface area contributed by atoms with Gasteiger partial charge in [0.15, 0.2) is 0 Å². The largest absolute Gasteiger partial charge is 0.300 e. The summed E-state index contributed by atoms with van der Waals surface area (Å²) in [5.41, 5.74) is 0.232. The number of rotatable bonds is 16. The fourth-order valence-electron chi connectivity index (χ4n) is 3.38. The fraction of sp³-hybridized carbons (Fsp3) is 0.905. The van der Waals surface area contributed by atoms with Gasteiger partial charge in [0.2, 0.25) is 0 Å². The number of unbranched alkanes of at least 4 members (excludes halogenated alkanes) is 10. The first-order valence-corrected chi connectivity index (χ1v) is 9.94. The van der Waals surface area contributed by atoms with Crippen LogP contribution in [0.5, 0.6) is 0 Å². The van der Waals surface area contributed by atoms with Gasteiger partial charge in [-0.15, -0.1) is 19.0 Å². The van der Waals surface area contributed by atoms with Crippen LogP contribution < -0.4 is 0 Å². The standard InChI is InChI=1S/C21H43N.ClH/c1-6-9-11-13-15-17-19-21(8-3,22(4)5)20-18-16-14-12-10-7-2;/h8H,3,6-7,9-20H2,1-2,4-5H3;1H. The highest BCUT2D eigenvalue weighted by Gasteiger charge is 2.27. The van der Waals surface area contributed by atoms with Crippen LogP contribution in [-0.4, -0.2) is 24.5 Å². The lowest BCUT2D eigenvalue weighted by molar-refractivity contribution is 0.171. The Balaban J connectivity index is 0. The Morgan fingerprint density at radius 1 is 0.696 bits per heavy atom. The van der Waals surface area contributed by atoms with E-state index in [1.165, 1.54) is 89.9 Å². The van der Waals surface area contributed by atoms with Crippen LogP contribution in [0.1, 0.15) is 104 Å². The van der Waals surface area contributed by atoms with Crippen molar-refractivity contribution in [2.24, 2.45) is 0 Å². The first-order valence-electron chi connectivity index (χ1n) is 9.94. The Hall–Kier alpha value is -0.0100. The zero-order valence-electron chi connectivity index (χ0n) is 16.5. The number of halogens is 1. The molecule has 0 bridgehead atoms. The number of likely N-dealkylation sites (N-methyl/N-ethyl adjacent to an activating group) is 1. The van der Waals surface area contributed by atoms with E-state index in [1.807, 2.05) is 0 Å². The van der Waals surface area contributed by atoms with E-state index in [2.05, 4.69) is 45.5 Å². The second-order valence-corrected chi connectivity index (χ2v) is 7.24. The van der Waals surface area contributed by atoms with Gasteiger partial charge in [0.05, 0.1) is 0 Å². The van der Waals surface area contributed by atoms with Crippen LogP contribution in [0.3, 0.4) is 0 Å². The first-order chi connectivity index (χ1) is 10.6. The summed E-state index contributed by atoms with van der Waals surface area (Å²) in [5, 5.41) is 0. The summed E-state index contributed by atoms with van der Waals surface area (Å²) in [4.78, 5) is 2.41. The molecule has 0 radical (unpaired) electrons. The number of hydrogen-bond acceptors (Lipinski definition) is 1. The zero-order chi connectivity index (χ0) is 16.7. The zero-order valence-corrected chi connectivity index (χ0v) is 17.4. The summed E-state index contributed by atoms with van der Waals surface area (Å²) in [6.45, 7) is 8.74. The second kappa shape index (κ2) is 16.8. The van der Waals surface area contributed by atoms with Crippen molar-refractivity contribution in [3.63, 3.8) is 0 Å². The highest BCUT2D eigenvalue weighted by Crippen LogP contribution is 2.29. The molecule has 140 valence electrons. The van der Waals surface area contributed by atoms with Gasteiger partial charge in [0.1, 0.15) is 0 Å². The Labute approximate surface area is 153 Å². The van der Waals surface area contributed by atoms with Crippen molar-refractivity contribution < 1.29 is 0 Å². The lowest BCUT2D eigenvalue weighted by atomic mass is 9.85. The topological polar surface area (TPSA) is 3.24 Å². The van der Waals surface area contributed by atoms with Crippen LogP contribution in [0.15, 0.2) is 12.7 Å². The van der Waals surface area contributed by atoms with Gasteiger partial charge in [-0.25, -0.2) is 0 Å². The molecule has 0 aliphatic carbocycles. The molecule has 0 aromatic heterocycles. The Morgan fingerprint density at radius 3 is 1.35 bits per heavy atom. The quantitative estimate of drug-likeness (QED) is 0.208. The summed E-state index contributed by atoms with van der Waals surface area (Å²) in [6.07, 6.45) is 21.4. The summed E-state index contributed by atoms with van der Waals surface area (Å²) in [7, 11) is 4.46. The normalized spacial score (nSPS) is 11.5. The maximum Gasteiger partial charge on any atom is 0.0382 e. The van der Waals surface area contributed by atoms with E-state index < -0.39 is 0 Å². The fourth-order valence-corrected chi connectivity index (χ4v) is 3.38. The molecule has 0 fully saturated rings. The molecule has 0 aliphatic rings. The molecule has 0 heterocycles. The number of hydrogen-bond donors (Lipinski definition) is 0. The summed E-state index contributed by atoms with van der Waals surface area (Å²) in [5.74, 6) is 0. The average molecular weight is 346 g/mol. The van der Waals surface area contributed by atoms with Gasteiger partial charge in [0, 0.05) is 5.54 Å². The smallest absolute Gasteiger partial charge is 0.0382 e. The Kier molecular flexibility index (Phi) is 18.5. The molecule has 0 rings (SSSR count). The molecular formula is C21H44ClN. The van der Waals surface area contributed by atoms with E-state index in [4.69, 9.17) is 0 Å². The summed E-state index contributed by atoms with van der Waals surface area (Å²) < 4.78 is 0. The highest BCUT2D eigenvalue weighted by atomic mass is 35.5. The molecule has 2 heteroatoms. The maximum absolute atomic E-state index is 4.17. The van der Waals surface area contributed by atoms with Crippen LogP contribution >= 0.6 is 12.4 Å². The minimum absolute atomic E-state index is 0. The Bertz CT molecular complexity index is 234. The molecule has 0 saturated carbocycles. The van der Waals surface area contributed by atoms with E-state index in [0.29, 0.717) is 0 Å². The van der Waals surface area contributed by atoms with Crippen molar-refractivity contribution in [2.45, 2.75) is 109 Å². The van der Waals surface area contributed by atoms with Gasteiger partial charge < -0.3 is 4.90 Å². The third-order valence-electron chi connectivity index (χ3n) is 5.20. The third-order valence-corrected chi connectivity index (χ3v) is 5.20. The van der Waals surface area contributed by atoms with Crippen molar-refractivity contribution in [2.75, 3.05) is 14.1 Å². The molecule has 0 atom stereocenters. The predicted molar refractivity (Wildman–Crippen MR) is 110 cm³/mol. The molecule has 0 N–H and O–H groups in total. The number of nitrogens with zero attached hydrogens (tertiary/aromatic N) is 1. The second-order valence-electron chi connectivity index (χ2n) is 7.24. The molecule has 0 unspecified atom stereocenters. The minimum Gasteiger partial charge on any atom is -0.300 e. The SMILES string of the molecule is C=CC(CCCCCCCC)(CCCCCCCC)N(C)C.Cl. The molecular weight excluding hydrogens is 302 g/mol. The van der Waals surface area contributed by atoms with E-state index >= 15 is 0 Å². The molecule has 0 aromatic carbocycles. The highest BCUT2D eigenvalue weighted by molar-refractivity contribution is 5.85. The summed E-state index contributed by atoms with van der Waals surface area (Å²) >= 11 is 0. The van der Waals surface area contributed by atoms with Crippen LogP contribution in [-0.2, 0) is 0 Å². The van der Waals surface area contributed by atoms with Gasteiger partial charge in [-0.3, -0.25) is 0 Å². The van der Waals surface area contributed by atoms with E-state index in [9.17, 15) is 0 Å². The predicted octanol–water partition coefficient (Wildman–Crippen LogP) is 7.40. The van der Waals surface area contributed by atoms with Crippen LogP contribution in [0.4, 0.5) is 0 Å². The average Bonchev–Trinajstić information content (AvgIpc) is 2.51. The lowest BCUT2D eigenvalue weighted by Gasteiger charge is -2.38. The molecule has 0 saturated heterocycles. The molecule has 0 aromatic rings. The molecule has 23 heavy (non-hydrogen) atoms. The lowest BCUT2D eigenvalue weighted by Crippen LogP contribution is -2.42. The summed E-state index contributed by atoms with van der Waals surface area (Å²) in [6, 6.07) is 0. The van der Waals surface area contributed by atoms with E-state index in [1.54, 1.807) is 0 Å². The van der Waals surface area contributed by atoms with Crippen LogP contribution in [0.25, 0.3) is 0 Å². The third kappa shape index (κ3) is 12.1. The van der Waals surface area contributed by atoms with Gasteiger partial charge in [-0.2, -0.15) is 0 Å². The molecule has 0 spiro atoms. The Morgan fingerprint density at radius 2 is 1.04 bits per heavy atom. The van der Waals surface area contributed by atoms with Crippen molar-refractivity contribution in [3.05, 3.63) is 12.7 Å².